The monoisotopic (exact) mass is 630 g/mol. The summed E-state index contributed by atoms with van der Waals surface area (Å²) in [5.74, 6) is -0.293. The Morgan fingerprint density at radius 1 is 1.02 bits per heavy atom. The van der Waals surface area contributed by atoms with Crippen LogP contribution >= 0.6 is 0 Å². The molecular formula is C33H44F2N4O6. The molecule has 2 fully saturated rings. The maximum absolute atomic E-state index is 15.3. The first-order valence-corrected chi connectivity index (χ1v) is 15.5. The smallest absolute Gasteiger partial charge is 0.410 e. The van der Waals surface area contributed by atoms with Gasteiger partial charge < -0.3 is 29.3 Å². The van der Waals surface area contributed by atoms with Gasteiger partial charge in [-0.3, -0.25) is 4.79 Å². The van der Waals surface area contributed by atoms with E-state index in [0.29, 0.717) is 42.6 Å². The summed E-state index contributed by atoms with van der Waals surface area (Å²) < 4.78 is 45.6. The number of benzene rings is 1. The van der Waals surface area contributed by atoms with Gasteiger partial charge in [0.15, 0.2) is 0 Å². The lowest BCUT2D eigenvalue weighted by molar-refractivity contribution is -0.132. The molecule has 0 saturated carbocycles. The van der Waals surface area contributed by atoms with Gasteiger partial charge in [-0.2, -0.15) is 0 Å². The first-order valence-electron chi connectivity index (χ1n) is 15.5. The summed E-state index contributed by atoms with van der Waals surface area (Å²) in [6, 6.07) is 7.04. The summed E-state index contributed by atoms with van der Waals surface area (Å²) in [6.07, 6.45) is 0.960. The van der Waals surface area contributed by atoms with Crippen molar-refractivity contribution in [1.82, 2.24) is 20.1 Å². The van der Waals surface area contributed by atoms with Gasteiger partial charge in [0.1, 0.15) is 23.6 Å². The van der Waals surface area contributed by atoms with Gasteiger partial charge in [0.25, 0.3) is 0 Å². The van der Waals surface area contributed by atoms with Crippen molar-refractivity contribution >= 4 is 18.1 Å². The number of pyridine rings is 1. The molecule has 0 bridgehead atoms. The van der Waals surface area contributed by atoms with Crippen LogP contribution in [0.4, 0.5) is 18.4 Å². The fourth-order valence-electron chi connectivity index (χ4n) is 5.30. The van der Waals surface area contributed by atoms with E-state index in [-0.39, 0.29) is 43.7 Å². The second-order valence-electron chi connectivity index (χ2n) is 12.9. The van der Waals surface area contributed by atoms with Crippen LogP contribution in [-0.2, 0) is 20.7 Å². The zero-order valence-corrected chi connectivity index (χ0v) is 26.7. The van der Waals surface area contributed by atoms with Gasteiger partial charge >= 0.3 is 12.2 Å². The molecule has 12 heteroatoms. The lowest BCUT2D eigenvalue weighted by atomic mass is 9.98. The number of hydrogen-bond acceptors (Lipinski definition) is 7. The molecule has 2 aliphatic rings. The average molecular weight is 631 g/mol. The predicted octanol–water partition coefficient (Wildman–Crippen LogP) is 5.53. The highest BCUT2D eigenvalue weighted by atomic mass is 19.1. The Labute approximate surface area is 263 Å². The molecule has 0 unspecified atom stereocenters. The minimum Gasteiger partial charge on any atom is -0.477 e. The predicted molar refractivity (Wildman–Crippen MR) is 164 cm³/mol. The number of hydrogen-bond donors (Lipinski definition) is 1. The van der Waals surface area contributed by atoms with E-state index in [1.807, 2.05) is 13.8 Å². The molecule has 0 radical (unpaired) electrons. The van der Waals surface area contributed by atoms with Gasteiger partial charge in [-0.25, -0.2) is 23.4 Å². The molecule has 45 heavy (non-hydrogen) atoms. The van der Waals surface area contributed by atoms with E-state index in [2.05, 4.69) is 10.3 Å². The van der Waals surface area contributed by atoms with E-state index in [4.69, 9.17) is 14.2 Å². The fourth-order valence-corrected chi connectivity index (χ4v) is 5.30. The minimum absolute atomic E-state index is 0.0619. The molecular weight excluding hydrogens is 586 g/mol. The Morgan fingerprint density at radius 3 is 2.29 bits per heavy atom. The van der Waals surface area contributed by atoms with Crippen LogP contribution in [0.15, 0.2) is 36.5 Å². The number of nitrogens with one attached hydrogen (secondary N) is 1. The SMILES string of the molecule is CC(C)OC(=O)N1CCC(COc2ccc(-c3ccc(C[C@H](NC(=O)OC(C)(C)C)C(=O)N4CC[C@H](F)C4)c(F)c3)cn2)CC1. The summed E-state index contributed by atoms with van der Waals surface area (Å²) in [7, 11) is 0. The number of carbonyl (C=O) groups is 3. The van der Waals surface area contributed by atoms with E-state index in [0.717, 1.165) is 12.8 Å². The first-order chi connectivity index (χ1) is 21.3. The molecule has 1 aromatic heterocycles. The molecule has 246 valence electrons. The zero-order chi connectivity index (χ0) is 32.7. The van der Waals surface area contributed by atoms with Gasteiger partial charge in [-0.05, 0) is 83.1 Å². The number of alkyl halides is 1. The number of likely N-dealkylation sites (tertiary alicyclic amines) is 2. The molecule has 0 aliphatic carbocycles. The number of carbonyl (C=O) groups excluding carboxylic acids is 3. The summed E-state index contributed by atoms with van der Waals surface area (Å²) in [5.41, 5.74) is 0.689. The number of halogens is 2. The van der Waals surface area contributed by atoms with E-state index in [1.54, 1.807) is 56.1 Å². The van der Waals surface area contributed by atoms with Gasteiger partial charge in [-0.1, -0.05) is 12.1 Å². The van der Waals surface area contributed by atoms with Crippen molar-refractivity contribution in [2.75, 3.05) is 32.8 Å². The molecule has 2 atom stereocenters. The van der Waals surface area contributed by atoms with Gasteiger partial charge in [0.2, 0.25) is 11.8 Å². The maximum atomic E-state index is 15.3. The highest BCUT2D eigenvalue weighted by Gasteiger charge is 2.33. The molecule has 3 amide bonds. The Balaban J connectivity index is 1.35. The lowest BCUT2D eigenvalue weighted by Gasteiger charge is -2.31. The third-order valence-electron chi connectivity index (χ3n) is 7.65. The highest BCUT2D eigenvalue weighted by molar-refractivity contribution is 5.86. The molecule has 2 saturated heterocycles. The largest absolute Gasteiger partial charge is 0.477 e. The maximum Gasteiger partial charge on any atom is 0.410 e. The molecule has 2 aliphatic heterocycles. The van der Waals surface area contributed by atoms with Crippen LogP contribution in [0, 0.1) is 11.7 Å². The Kier molecular flexibility index (Phi) is 11.2. The van der Waals surface area contributed by atoms with Crippen molar-refractivity contribution in [3.63, 3.8) is 0 Å². The van der Waals surface area contributed by atoms with Crippen LogP contribution in [0.3, 0.4) is 0 Å². The van der Waals surface area contributed by atoms with E-state index >= 15 is 4.39 Å². The normalized spacial score (nSPS) is 18.1. The zero-order valence-electron chi connectivity index (χ0n) is 26.7. The molecule has 3 heterocycles. The number of nitrogens with zero attached hydrogens (tertiary/aromatic N) is 3. The third kappa shape index (κ3) is 10.0. The van der Waals surface area contributed by atoms with Crippen LogP contribution in [0.2, 0.25) is 0 Å². The van der Waals surface area contributed by atoms with Gasteiger partial charge in [-0.15, -0.1) is 0 Å². The van der Waals surface area contributed by atoms with E-state index in [9.17, 15) is 18.8 Å². The fraction of sp³-hybridized carbons (Fsp3) is 0.576. The van der Waals surface area contributed by atoms with E-state index < -0.39 is 35.6 Å². The molecule has 10 nitrogen and oxygen atoms in total. The van der Waals surface area contributed by atoms with Crippen LogP contribution in [0.1, 0.15) is 59.4 Å². The van der Waals surface area contributed by atoms with E-state index in [1.165, 1.54) is 11.0 Å². The van der Waals surface area contributed by atoms with Gasteiger partial charge in [0, 0.05) is 43.9 Å². The first kappa shape index (κ1) is 33.9. The summed E-state index contributed by atoms with van der Waals surface area (Å²) in [6.45, 7) is 10.6. The van der Waals surface area contributed by atoms with Crippen LogP contribution in [0.5, 0.6) is 5.88 Å². The van der Waals surface area contributed by atoms with Crippen molar-refractivity contribution in [3.8, 4) is 17.0 Å². The Hall–Kier alpha value is -3.96. The molecule has 4 rings (SSSR count). The average Bonchev–Trinajstić information content (AvgIpc) is 3.41. The summed E-state index contributed by atoms with van der Waals surface area (Å²) >= 11 is 0. The number of amides is 3. The quantitative estimate of drug-likeness (QED) is 0.388. The second kappa shape index (κ2) is 14.9. The molecule has 1 aromatic carbocycles. The number of alkyl carbamates (subject to hydrolysis) is 1. The number of rotatable bonds is 9. The number of aromatic nitrogens is 1. The van der Waals surface area contributed by atoms with Crippen molar-refractivity contribution in [2.24, 2.45) is 5.92 Å². The van der Waals surface area contributed by atoms with Crippen LogP contribution < -0.4 is 10.1 Å². The topological polar surface area (TPSA) is 110 Å². The van der Waals surface area contributed by atoms with Crippen molar-refractivity contribution in [3.05, 3.63) is 47.9 Å². The van der Waals surface area contributed by atoms with Gasteiger partial charge in [0.05, 0.1) is 19.3 Å². The van der Waals surface area contributed by atoms with Crippen molar-refractivity contribution in [2.45, 2.75) is 84.2 Å². The summed E-state index contributed by atoms with van der Waals surface area (Å²) in [5, 5.41) is 2.55. The Bertz CT molecular complexity index is 1330. The van der Waals surface area contributed by atoms with Crippen LogP contribution in [0.25, 0.3) is 11.1 Å². The minimum atomic E-state index is -1.13. The highest BCUT2D eigenvalue weighted by Crippen LogP contribution is 2.25. The number of piperidine rings is 1. The summed E-state index contributed by atoms with van der Waals surface area (Å²) in [4.78, 5) is 45.2. The molecule has 1 N–H and O–H groups in total. The van der Waals surface area contributed by atoms with Crippen LogP contribution in [-0.4, -0.2) is 89.6 Å². The standard InChI is InChI=1S/C33H44F2N4O6/c1-21(2)44-32(42)38-13-10-22(11-14-38)20-43-29-9-8-25(18-36-29)23-6-7-24(27(35)16-23)17-28(37-31(41)45-33(3,4)5)30(40)39-15-12-26(34)19-39/h6-9,16,18,21-22,26,28H,10-15,17,19-20H2,1-5H3,(H,37,41)/t26-,28-/m0/s1. The molecule has 2 aromatic rings. The Morgan fingerprint density at radius 2 is 1.71 bits per heavy atom. The molecule has 0 spiro atoms. The lowest BCUT2D eigenvalue weighted by Crippen LogP contribution is -2.50. The van der Waals surface area contributed by atoms with Crippen molar-refractivity contribution in [1.29, 1.82) is 0 Å². The number of ether oxygens (including phenoxy) is 3. The third-order valence-corrected chi connectivity index (χ3v) is 7.65. The van der Waals surface area contributed by atoms with Crippen molar-refractivity contribution < 1.29 is 37.4 Å². The second-order valence-corrected chi connectivity index (χ2v) is 12.9.